The van der Waals surface area contributed by atoms with Crippen molar-refractivity contribution in [1.82, 2.24) is 5.32 Å². The van der Waals surface area contributed by atoms with Crippen molar-refractivity contribution < 1.29 is 19.0 Å². The Morgan fingerprint density at radius 2 is 2.00 bits per heavy atom. The van der Waals surface area contributed by atoms with Crippen LogP contribution in [0.4, 0.5) is 0 Å². The van der Waals surface area contributed by atoms with E-state index in [1.165, 1.54) is 0 Å². The fraction of sp³-hybridized carbons (Fsp3) is 0.889. The molecular weight excluding hydrogens is 186 g/mol. The molecule has 1 N–H and O–H groups in total. The van der Waals surface area contributed by atoms with Crippen molar-refractivity contribution >= 4 is 5.91 Å². The number of nitrogens with one attached hydrogen (secondary N) is 1. The standard InChI is InChI=1S/C9H15NO4/c1-9(2)10-7(11)6(5-14-9)8-12-3-4-13-8/h6,8H,3-5H2,1-2H3,(H,10,11). The number of ether oxygens (including phenoxy) is 3. The maximum atomic E-state index is 11.6. The van der Waals surface area contributed by atoms with Gasteiger partial charge in [0.1, 0.15) is 11.6 Å². The fourth-order valence-electron chi connectivity index (χ4n) is 1.61. The van der Waals surface area contributed by atoms with E-state index in [2.05, 4.69) is 5.32 Å². The van der Waals surface area contributed by atoms with E-state index in [0.29, 0.717) is 19.8 Å². The third-order valence-corrected chi connectivity index (χ3v) is 2.36. The molecule has 0 aromatic carbocycles. The Bertz CT molecular complexity index is 235. The van der Waals surface area contributed by atoms with Gasteiger partial charge in [0, 0.05) is 0 Å². The number of carbonyl (C=O) groups is 1. The van der Waals surface area contributed by atoms with Gasteiger partial charge in [-0.25, -0.2) is 0 Å². The van der Waals surface area contributed by atoms with E-state index in [0.717, 1.165) is 0 Å². The summed E-state index contributed by atoms with van der Waals surface area (Å²) in [4.78, 5) is 11.6. The van der Waals surface area contributed by atoms with E-state index in [-0.39, 0.29) is 11.8 Å². The highest BCUT2D eigenvalue weighted by Crippen LogP contribution is 2.22. The Labute approximate surface area is 82.7 Å². The van der Waals surface area contributed by atoms with Gasteiger partial charge in [0.2, 0.25) is 5.91 Å². The quantitative estimate of drug-likeness (QED) is 0.641. The molecule has 80 valence electrons. The van der Waals surface area contributed by atoms with Crippen molar-refractivity contribution in [3.63, 3.8) is 0 Å². The summed E-state index contributed by atoms with van der Waals surface area (Å²) in [7, 11) is 0. The zero-order valence-electron chi connectivity index (χ0n) is 8.41. The van der Waals surface area contributed by atoms with Gasteiger partial charge in [-0.3, -0.25) is 4.79 Å². The molecule has 0 saturated carbocycles. The Morgan fingerprint density at radius 3 is 2.57 bits per heavy atom. The van der Waals surface area contributed by atoms with Crippen LogP contribution in [0.2, 0.25) is 0 Å². The summed E-state index contributed by atoms with van der Waals surface area (Å²) in [6.07, 6.45) is -0.439. The average Bonchev–Trinajstić information content (AvgIpc) is 2.54. The molecule has 0 aliphatic carbocycles. The van der Waals surface area contributed by atoms with Gasteiger partial charge in [-0.2, -0.15) is 0 Å². The first-order valence-corrected chi connectivity index (χ1v) is 4.78. The van der Waals surface area contributed by atoms with Crippen molar-refractivity contribution in [2.45, 2.75) is 25.9 Å². The second-order valence-electron chi connectivity index (χ2n) is 4.03. The van der Waals surface area contributed by atoms with E-state index >= 15 is 0 Å². The second-order valence-corrected chi connectivity index (χ2v) is 4.03. The van der Waals surface area contributed by atoms with Crippen molar-refractivity contribution in [2.24, 2.45) is 5.92 Å². The highest BCUT2D eigenvalue weighted by molar-refractivity contribution is 5.80. The molecule has 0 spiro atoms. The van der Waals surface area contributed by atoms with Crippen molar-refractivity contribution in [3.05, 3.63) is 0 Å². The maximum absolute atomic E-state index is 11.6. The first kappa shape index (κ1) is 9.89. The lowest BCUT2D eigenvalue weighted by Crippen LogP contribution is -2.57. The number of hydrogen-bond acceptors (Lipinski definition) is 4. The Kier molecular flexibility index (Phi) is 2.47. The lowest BCUT2D eigenvalue weighted by atomic mass is 10.1. The smallest absolute Gasteiger partial charge is 0.232 e. The molecule has 2 fully saturated rings. The van der Waals surface area contributed by atoms with Crippen LogP contribution in [0.25, 0.3) is 0 Å². The minimum absolute atomic E-state index is 0.0619. The Hall–Kier alpha value is -0.650. The monoisotopic (exact) mass is 201 g/mol. The molecule has 0 radical (unpaired) electrons. The van der Waals surface area contributed by atoms with Gasteiger partial charge >= 0.3 is 0 Å². The van der Waals surface area contributed by atoms with E-state index in [9.17, 15) is 4.79 Å². The van der Waals surface area contributed by atoms with Crippen LogP contribution < -0.4 is 5.32 Å². The molecule has 1 unspecified atom stereocenters. The zero-order chi connectivity index (χ0) is 10.2. The SMILES string of the molecule is CC1(C)NC(=O)C(C2OCCO2)CO1. The summed E-state index contributed by atoms with van der Waals surface area (Å²) in [6, 6.07) is 0. The van der Waals surface area contributed by atoms with Crippen LogP contribution in [0, 0.1) is 5.92 Å². The minimum Gasteiger partial charge on any atom is -0.355 e. The first-order chi connectivity index (χ1) is 6.58. The molecular formula is C9H15NO4. The Balaban J connectivity index is 1.98. The maximum Gasteiger partial charge on any atom is 0.232 e. The molecule has 5 nitrogen and oxygen atoms in total. The zero-order valence-corrected chi connectivity index (χ0v) is 8.41. The van der Waals surface area contributed by atoms with E-state index in [1.807, 2.05) is 13.8 Å². The minimum atomic E-state index is -0.577. The van der Waals surface area contributed by atoms with Gasteiger partial charge in [-0.05, 0) is 13.8 Å². The molecule has 0 bridgehead atoms. The summed E-state index contributed by atoms with van der Waals surface area (Å²) in [5.41, 5.74) is -0.577. The van der Waals surface area contributed by atoms with Crippen LogP contribution in [0.1, 0.15) is 13.8 Å². The third kappa shape index (κ3) is 1.89. The molecule has 0 aromatic heterocycles. The lowest BCUT2D eigenvalue weighted by Gasteiger charge is -2.36. The summed E-state index contributed by atoms with van der Waals surface area (Å²) in [6.45, 7) is 5.09. The molecule has 2 aliphatic rings. The van der Waals surface area contributed by atoms with Gasteiger partial charge in [-0.15, -0.1) is 0 Å². The fourth-order valence-corrected chi connectivity index (χ4v) is 1.61. The molecule has 2 rings (SSSR count). The van der Waals surface area contributed by atoms with Gasteiger partial charge in [0.25, 0.3) is 0 Å². The molecule has 14 heavy (non-hydrogen) atoms. The van der Waals surface area contributed by atoms with Crippen LogP contribution in [0.15, 0.2) is 0 Å². The van der Waals surface area contributed by atoms with Gasteiger partial charge in [-0.1, -0.05) is 0 Å². The van der Waals surface area contributed by atoms with E-state index in [1.54, 1.807) is 0 Å². The molecule has 2 saturated heterocycles. The number of amides is 1. The van der Waals surface area contributed by atoms with Crippen LogP contribution in [-0.4, -0.2) is 37.7 Å². The first-order valence-electron chi connectivity index (χ1n) is 4.78. The largest absolute Gasteiger partial charge is 0.355 e. The van der Waals surface area contributed by atoms with Gasteiger partial charge in [0.05, 0.1) is 19.8 Å². The van der Waals surface area contributed by atoms with Gasteiger partial charge in [0.15, 0.2) is 6.29 Å². The van der Waals surface area contributed by atoms with Crippen LogP contribution >= 0.6 is 0 Å². The predicted octanol–water partition coefficient (Wildman–Crippen LogP) is -0.142. The van der Waals surface area contributed by atoms with E-state index < -0.39 is 12.0 Å². The number of carbonyl (C=O) groups excluding carboxylic acids is 1. The lowest BCUT2D eigenvalue weighted by molar-refractivity contribution is -0.180. The van der Waals surface area contributed by atoms with Crippen LogP contribution in [-0.2, 0) is 19.0 Å². The number of hydrogen-bond donors (Lipinski definition) is 1. The van der Waals surface area contributed by atoms with Crippen LogP contribution in [0.3, 0.4) is 0 Å². The summed E-state index contributed by atoms with van der Waals surface area (Å²) in [5.74, 6) is -0.404. The van der Waals surface area contributed by atoms with Crippen molar-refractivity contribution in [2.75, 3.05) is 19.8 Å². The second kappa shape index (κ2) is 3.49. The predicted molar refractivity (Wildman–Crippen MR) is 47.4 cm³/mol. The molecule has 2 aliphatic heterocycles. The van der Waals surface area contributed by atoms with Crippen LogP contribution in [0.5, 0.6) is 0 Å². The van der Waals surface area contributed by atoms with E-state index in [4.69, 9.17) is 14.2 Å². The Morgan fingerprint density at radius 1 is 1.36 bits per heavy atom. The molecule has 2 heterocycles. The molecule has 0 aromatic rings. The average molecular weight is 201 g/mol. The summed E-state index contributed by atoms with van der Waals surface area (Å²) >= 11 is 0. The summed E-state index contributed by atoms with van der Waals surface area (Å²) in [5, 5.41) is 2.76. The third-order valence-electron chi connectivity index (χ3n) is 2.36. The number of rotatable bonds is 1. The molecule has 5 heteroatoms. The summed E-state index contributed by atoms with van der Waals surface area (Å²) < 4.78 is 16.0. The topological polar surface area (TPSA) is 56.8 Å². The highest BCUT2D eigenvalue weighted by atomic mass is 16.7. The van der Waals surface area contributed by atoms with Crippen molar-refractivity contribution in [1.29, 1.82) is 0 Å². The molecule has 1 amide bonds. The van der Waals surface area contributed by atoms with Crippen molar-refractivity contribution in [3.8, 4) is 0 Å². The van der Waals surface area contributed by atoms with Gasteiger partial charge < -0.3 is 19.5 Å². The highest BCUT2D eigenvalue weighted by Gasteiger charge is 2.40. The molecule has 1 atom stereocenters. The normalized spacial score (nSPS) is 33.0.